The first-order valence-corrected chi connectivity index (χ1v) is 7.79. The molecular weight excluding hydrogens is 292 g/mol. The smallest absolute Gasteiger partial charge is 0.276 e. The summed E-state index contributed by atoms with van der Waals surface area (Å²) in [6.07, 6.45) is 0. The summed E-state index contributed by atoms with van der Waals surface area (Å²) in [4.78, 5) is 14.7. The van der Waals surface area contributed by atoms with Crippen molar-refractivity contribution < 1.29 is 9.53 Å². The van der Waals surface area contributed by atoms with Gasteiger partial charge in [0.2, 0.25) is 0 Å². The van der Waals surface area contributed by atoms with Gasteiger partial charge >= 0.3 is 0 Å². The molecule has 0 radical (unpaired) electrons. The van der Waals surface area contributed by atoms with E-state index in [0.717, 1.165) is 11.4 Å². The lowest BCUT2D eigenvalue weighted by Crippen LogP contribution is -2.55. The third-order valence-electron chi connectivity index (χ3n) is 4.27. The molecule has 0 aliphatic carbocycles. The fourth-order valence-corrected chi connectivity index (χ4v) is 2.82. The molecule has 23 heavy (non-hydrogen) atoms. The number of benzene rings is 1. The molecule has 0 N–H and O–H groups in total. The average molecular weight is 314 g/mol. The molecule has 1 fully saturated rings. The Labute approximate surface area is 136 Å². The van der Waals surface area contributed by atoms with Gasteiger partial charge in [-0.1, -0.05) is 22.9 Å². The monoisotopic (exact) mass is 314 g/mol. The number of nitrogens with zero attached hydrogens (tertiary/aromatic N) is 4. The van der Waals surface area contributed by atoms with Crippen molar-refractivity contribution in [2.75, 3.05) is 19.8 Å². The molecule has 0 bridgehead atoms. The Hall–Kier alpha value is -2.21. The number of hydrogen-bond acceptors (Lipinski definition) is 4. The van der Waals surface area contributed by atoms with Gasteiger partial charge in [0.1, 0.15) is 0 Å². The second-order valence-corrected chi connectivity index (χ2v) is 6.59. The van der Waals surface area contributed by atoms with Crippen molar-refractivity contribution in [1.29, 1.82) is 0 Å². The van der Waals surface area contributed by atoms with E-state index in [0.29, 0.717) is 25.5 Å². The van der Waals surface area contributed by atoms with Crippen molar-refractivity contribution in [3.8, 4) is 5.69 Å². The van der Waals surface area contributed by atoms with E-state index in [2.05, 4.69) is 10.3 Å². The highest BCUT2D eigenvalue weighted by Gasteiger charge is 2.36. The number of aromatic nitrogens is 3. The second kappa shape index (κ2) is 5.77. The Morgan fingerprint density at radius 2 is 1.91 bits per heavy atom. The zero-order chi connectivity index (χ0) is 16.6. The van der Waals surface area contributed by atoms with Gasteiger partial charge < -0.3 is 9.64 Å². The van der Waals surface area contributed by atoms with Gasteiger partial charge in [-0.3, -0.25) is 4.79 Å². The zero-order valence-corrected chi connectivity index (χ0v) is 14.0. The minimum atomic E-state index is -0.338. The lowest BCUT2D eigenvalue weighted by atomic mass is 10.0. The van der Waals surface area contributed by atoms with Crippen molar-refractivity contribution in [1.82, 2.24) is 19.9 Å². The third-order valence-corrected chi connectivity index (χ3v) is 4.27. The molecule has 1 aliphatic heterocycles. The van der Waals surface area contributed by atoms with Gasteiger partial charge in [0.25, 0.3) is 5.91 Å². The number of morpholine rings is 1. The van der Waals surface area contributed by atoms with E-state index >= 15 is 0 Å². The van der Waals surface area contributed by atoms with Crippen LogP contribution in [0.3, 0.4) is 0 Å². The van der Waals surface area contributed by atoms with Crippen molar-refractivity contribution >= 4 is 5.91 Å². The summed E-state index contributed by atoms with van der Waals surface area (Å²) in [5.74, 6) is -0.0887. The number of aryl methyl sites for hydroxylation is 1. The normalized spacial score (nSPS) is 17.3. The Bertz CT molecular complexity index is 719. The van der Waals surface area contributed by atoms with Gasteiger partial charge in [0.05, 0.1) is 30.1 Å². The number of ether oxygens (including phenoxy) is 1. The highest BCUT2D eigenvalue weighted by Crippen LogP contribution is 2.23. The van der Waals surface area contributed by atoms with Gasteiger partial charge in [-0.25, -0.2) is 4.68 Å². The molecule has 122 valence electrons. The van der Waals surface area contributed by atoms with Crippen LogP contribution in [0.5, 0.6) is 0 Å². The Morgan fingerprint density at radius 3 is 2.57 bits per heavy atom. The molecule has 0 saturated carbocycles. The van der Waals surface area contributed by atoms with Crippen LogP contribution >= 0.6 is 0 Å². The largest absolute Gasteiger partial charge is 0.377 e. The Balaban J connectivity index is 1.92. The van der Waals surface area contributed by atoms with Crippen LogP contribution in [0.25, 0.3) is 5.69 Å². The molecular formula is C17H22N4O2. The van der Waals surface area contributed by atoms with E-state index < -0.39 is 0 Å². The summed E-state index contributed by atoms with van der Waals surface area (Å²) in [5.41, 5.74) is 2.90. The van der Waals surface area contributed by atoms with Gasteiger partial charge in [-0.2, -0.15) is 0 Å². The highest BCUT2D eigenvalue weighted by atomic mass is 16.5. The van der Waals surface area contributed by atoms with Gasteiger partial charge in [0.15, 0.2) is 5.69 Å². The predicted octanol–water partition coefficient (Wildman–Crippen LogP) is 2.14. The van der Waals surface area contributed by atoms with Crippen LogP contribution in [0.2, 0.25) is 0 Å². The molecule has 3 rings (SSSR count). The minimum Gasteiger partial charge on any atom is -0.377 e. The summed E-state index contributed by atoms with van der Waals surface area (Å²) in [6.45, 7) is 9.58. The van der Waals surface area contributed by atoms with E-state index in [9.17, 15) is 4.79 Å². The van der Waals surface area contributed by atoms with Crippen molar-refractivity contribution in [3.63, 3.8) is 0 Å². The highest BCUT2D eigenvalue weighted by molar-refractivity contribution is 5.94. The minimum absolute atomic E-state index is 0.0887. The third kappa shape index (κ3) is 2.86. The predicted molar refractivity (Wildman–Crippen MR) is 86.8 cm³/mol. The van der Waals surface area contributed by atoms with Crippen molar-refractivity contribution in [2.24, 2.45) is 0 Å². The molecule has 1 aromatic heterocycles. The van der Waals surface area contributed by atoms with E-state index in [1.807, 2.05) is 56.9 Å². The summed E-state index contributed by atoms with van der Waals surface area (Å²) < 4.78 is 7.19. The van der Waals surface area contributed by atoms with Gasteiger partial charge in [0, 0.05) is 6.54 Å². The van der Waals surface area contributed by atoms with E-state index in [4.69, 9.17) is 4.74 Å². The molecule has 2 aromatic rings. The fraction of sp³-hybridized carbons (Fsp3) is 0.471. The first kappa shape index (κ1) is 15.7. The molecule has 6 heteroatoms. The SMILES string of the molecule is Cc1ccc(-n2nnc(C(=O)N3CCOCC3(C)C)c2C)cc1. The Kier molecular flexibility index (Phi) is 3.93. The average Bonchev–Trinajstić information content (AvgIpc) is 2.89. The van der Waals surface area contributed by atoms with E-state index in [-0.39, 0.29) is 11.4 Å². The van der Waals surface area contributed by atoms with Crippen LogP contribution < -0.4 is 0 Å². The lowest BCUT2D eigenvalue weighted by Gasteiger charge is -2.41. The summed E-state index contributed by atoms with van der Waals surface area (Å²) in [5, 5.41) is 8.30. The topological polar surface area (TPSA) is 60.2 Å². The first-order chi connectivity index (χ1) is 10.9. The lowest BCUT2D eigenvalue weighted by molar-refractivity contribution is -0.0373. The maximum Gasteiger partial charge on any atom is 0.276 e. The number of carbonyl (C=O) groups excluding carboxylic acids is 1. The molecule has 0 unspecified atom stereocenters. The molecule has 6 nitrogen and oxygen atoms in total. The zero-order valence-electron chi connectivity index (χ0n) is 14.0. The molecule has 2 heterocycles. The van der Waals surface area contributed by atoms with Crippen LogP contribution in [-0.4, -0.2) is 51.1 Å². The second-order valence-electron chi connectivity index (χ2n) is 6.59. The van der Waals surface area contributed by atoms with Gasteiger partial charge in [-0.05, 0) is 39.8 Å². The van der Waals surface area contributed by atoms with Crippen LogP contribution in [-0.2, 0) is 4.74 Å². The summed E-state index contributed by atoms with van der Waals surface area (Å²) in [6, 6.07) is 7.99. The number of rotatable bonds is 2. The molecule has 1 saturated heterocycles. The van der Waals surface area contributed by atoms with Crippen molar-refractivity contribution in [3.05, 3.63) is 41.2 Å². The molecule has 0 atom stereocenters. The van der Waals surface area contributed by atoms with Crippen LogP contribution in [0, 0.1) is 13.8 Å². The Morgan fingerprint density at radius 1 is 1.22 bits per heavy atom. The standard InChI is InChI=1S/C17H22N4O2/c1-12-5-7-14(8-6-12)21-13(2)15(18-19-21)16(22)20-9-10-23-11-17(20,3)4/h5-8H,9-11H2,1-4H3. The first-order valence-electron chi connectivity index (χ1n) is 7.79. The summed E-state index contributed by atoms with van der Waals surface area (Å²) >= 11 is 0. The van der Waals surface area contributed by atoms with Crippen LogP contribution in [0.1, 0.15) is 35.6 Å². The number of amides is 1. The quantitative estimate of drug-likeness (QED) is 0.852. The van der Waals surface area contributed by atoms with Crippen LogP contribution in [0.15, 0.2) is 24.3 Å². The fourth-order valence-electron chi connectivity index (χ4n) is 2.82. The van der Waals surface area contributed by atoms with E-state index in [1.165, 1.54) is 5.56 Å². The van der Waals surface area contributed by atoms with Gasteiger partial charge in [-0.15, -0.1) is 5.10 Å². The van der Waals surface area contributed by atoms with Crippen molar-refractivity contribution in [2.45, 2.75) is 33.2 Å². The molecule has 0 spiro atoms. The van der Waals surface area contributed by atoms with E-state index in [1.54, 1.807) is 4.68 Å². The molecule has 1 amide bonds. The summed E-state index contributed by atoms with van der Waals surface area (Å²) in [7, 11) is 0. The molecule has 1 aromatic carbocycles. The maximum atomic E-state index is 12.9. The maximum absolute atomic E-state index is 12.9. The molecule has 1 aliphatic rings. The number of carbonyl (C=O) groups is 1. The number of hydrogen-bond donors (Lipinski definition) is 0. The van der Waals surface area contributed by atoms with Crippen LogP contribution in [0.4, 0.5) is 0 Å².